The lowest BCUT2D eigenvalue weighted by molar-refractivity contribution is 0.0992. The van der Waals surface area contributed by atoms with Crippen molar-refractivity contribution in [2.45, 2.75) is 6.54 Å². The van der Waals surface area contributed by atoms with E-state index < -0.39 is 0 Å². The number of ketones is 1. The first-order valence-electron chi connectivity index (χ1n) is 6.53. The van der Waals surface area contributed by atoms with Crippen molar-refractivity contribution in [1.29, 1.82) is 0 Å². The summed E-state index contributed by atoms with van der Waals surface area (Å²) in [5.41, 5.74) is 2.79. The van der Waals surface area contributed by atoms with E-state index in [1.165, 1.54) is 0 Å². The fourth-order valence-corrected chi connectivity index (χ4v) is 2.22. The Kier molecular flexibility index (Phi) is 3.56. The van der Waals surface area contributed by atoms with E-state index >= 15 is 0 Å². The number of rotatable bonds is 5. The minimum Gasteiger partial charge on any atom is -0.360 e. The molecule has 4 heteroatoms. The van der Waals surface area contributed by atoms with Gasteiger partial charge in [-0.15, -0.1) is 0 Å². The molecule has 1 aromatic carbocycles. The first-order chi connectivity index (χ1) is 9.84. The molecule has 2 N–H and O–H groups in total. The SMILES string of the molecule is O=C(CNCc1cccnc1)c1c[nH]c2ccccc12. The van der Waals surface area contributed by atoms with Crippen LogP contribution in [-0.4, -0.2) is 22.3 Å². The Morgan fingerprint density at radius 1 is 1.20 bits per heavy atom. The van der Waals surface area contributed by atoms with E-state index in [4.69, 9.17) is 0 Å². The maximum Gasteiger partial charge on any atom is 0.178 e. The van der Waals surface area contributed by atoms with E-state index in [1.807, 2.05) is 36.4 Å². The molecule has 0 spiro atoms. The quantitative estimate of drug-likeness (QED) is 0.697. The van der Waals surface area contributed by atoms with Crippen LogP contribution in [0, 0.1) is 0 Å². The molecule has 3 rings (SSSR count). The van der Waals surface area contributed by atoms with E-state index in [0.717, 1.165) is 22.0 Å². The standard InChI is InChI=1S/C16H15N3O/c20-16(11-18-9-12-4-3-7-17-8-12)14-10-19-15-6-2-1-5-13(14)15/h1-8,10,18-19H,9,11H2. The molecule has 100 valence electrons. The second-order valence-corrected chi connectivity index (χ2v) is 4.64. The molecule has 2 aromatic heterocycles. The highest BCUT2D eigenvalue weighted by Gasteiger charge is 2.10. The molecule has 2 heterocycles. The minimum atomic E-state index is 0.0892. The van der Waals surface area contributed by atoms with Gasteiger partial charge in [0.2, 0.25) is 0 Å². The van der Waals surface area contributed by atoms with Gasteiger partial charge in [-0.2, -0.15) is 0 Å². The predicted molar refractivity (Wildman–Crippen MR) is 78.6 cm³/mol. The van der Waals surface area contributed by atoms with Gasteiger partial charge in [-0.1, -0.05) is 24.3 Å². The van der Waals surface area contributed by atoms with Crippen LogP contribution in [0.25, 0.3) is 10.9 Å². The summed E-state index contributed by atoms with van der Waals surface area (Å²) < 4.78 is 0. The summed E-state index contributed by atoms with van der Waals surface area (Å²) in [6.07, 6.45) is 5.31. The highest BCUT2D eigenvalue weighted by molar-refractivity contribution is 6.08. The molecule has 0 bridgehead atoms. The van der Waals surface area contributed by atoms with Gasteiger partial charge in [0.15, 0.2) is 5.78 Å². The number of fused-ring (bicyclic) bond motifs is 1. The Bertz CT molecular complexity index is 719. The largest absolute Gasteiger partial charge is 0.360 e. The topological polar surface area (TPSA) is 57.8 Å². The van der Waals surface area contributed by atoms with Gasteiger partial charge in [0.05, 0.1) is 6.54 Å². The molecule has 4 nitrogen and oxygen atoms in total. The van der Waals surface area contributed by atoms with Crippen molar-refractivity contribution < 1.29 is 4.79 Å². The number of hydrogen-bond donors (Lipinski definition) is 2. The number of hydrogen-bond acceptors (Lipinski definition) is 3. The first-order valence-corrected chi connectivity index (χ1v) is 6.53. The Morgan fingerprint density at radius 2 is 2.10 bits per heavy atom. The first kappa shape index (κ1) is 12.6. The molecular weight excluding hydrogens is 250 g/mol. The third kappa shape index (κ3) is 2.60. The van der Waals surface area contributed by atoms with Crippen LogP contribution in [0.15, 0.2) is 55.0 Å². The van der Waals surface area contributed by atoms with Gasteiger partial charge in [0, 0.05) is 41.6 Å². The zero-order valence-electron chi connectivity index (χ0n) is 11.0. The summed E-state index contributed by atoms with van der Waals surface area (Å²) in [7, 11) is 0. The Labute approximate surface area is 116 Å². The van der Waals surface area contributed by atoms with E-state index in [0.29, 0.717) is 13.1 Å². The summed E-state index contributed by atoms with van der Waals surface area (Å²) in [6, 6.07) is 11.7. The van der Waals surface area contributed by atoms with Crippen LogP contribution in [-0.2, 0) is 6.54 Å². The molecule has 3 aromatic rings. The molecule has 0 fully saturated rings. The van der Waals surface area contributed by atoms with Crippen molar-refractivity contribution in [2.75, 3.05) is 6.54 Å². The molecule has 0 aliphatic heterocycles. The van der Waals surface area contributed by atoms with E-state index in [9.17, 15) is 4.79 Å². The molecule has 0 saturated heterocycles. The molecular formula is C16H15N3O. The maximum atomic E-state index is 12.2. The number of pyridine rings is 1. The van der Waals surface area contributed by atoms with E-state index in [1.54, 1.807) is 18.6 Å². The molecule has 0 aliphatic carbocycles. The van der Waals surface area contributed by atoms with Crippen molar-refractivity contribution in [3.05, 3.63) is 66.1 Å². The molecule has 0 saturated carbocycles. The molecule has 0 unspecified atom stereocenters. The molecule has 0 radical (unpaired) electrons. The third-order valence-electron chi connectivity index (χ3n) is 3.23. The number of carbonyl (C=O) groups is 1. The highest BCUT2D eigenvalue weighted by atomic mass is 16.1. The summed E-state index contributed by atoms with van der Waals surface area (Å²) in [5.74, 6) is 0.0892. The number of nitrogens with zero attached hydrogens (tertiary/aromatic N) is 1. The lowest BCUT2D eigenvalue weighted by Gasteiger charge is -2.03. The van der Waals surface area contributed by atoms with Crippen LogP contribution in [0.3, 0.4) is 0 Å². The zero-order valence-corrected chi connectivity index (χ0v) is 11.0. The predicted octanol–water partition coefficient (Wildman–Crippen LogP) is 2.54. The molecule has 0 atom stereocenters. The summed E-state index contributed by atoms with van der Waals surface area (Å²) in [4.78, 5) is 19.4. The Morgan fingerprint density at radius 3 is 2.95 bits per heavy atom. The zero-order chi connectivity index (χ0) is 13.8. The van der Waals surface area contributed by atoms with Crippen LogP contribution >= 0.6 is 0 Å². The highest BCUT2D eigenvalue weighted by Crippen LogP contribution is 2.17. The summed E-state index contributed by atoms with van der Waals surface area (Å²) in [5, 5.41) is 4.12. The smallest absolute Gasteiger partial charge is 0.178 e. The number of H-pyrrole nitrogens is 1. The van der Waals surface area contributed by atoms with Crippen molar-refractivity contribution in [1.82, 2.24) is 15.3 Å². The van der Waals surface area contributed by atoms with Crippen LogP contribution in [0.2, 0.25) is 0 Å². The lowest BCUT2D eigenvalue weighted by atomic mass is 10.1. The van der Waals surface area contributed by atoms with Crippen molar-refractivity contribution in [3.8, 4) is 0 Å². The van der Waals surface area contributed by atoms with Gasteiger partial charge >= 0.3 is 0 Å². The number of benzene rings is 1. The maximum absolute atomic E-state index is 12.2. The van der Waals surface area contributed by atoms with Gasteiger partial charge in [0.25, 0.3) is 0 Å². The lowest BCUT2D eigenvalue weighted by Crippen LogP contribution is -2.22. The Balaban J connectivity index is 1.65. The second kappa shape index (κ2) is 5.67. The van der Waals surface area contributed by atoms with Crippen molar-refractivity contribution >= 4 is 16.7 Å². The number of aromatic nitrogens is 2. The number of carbonyl (C=O) groups excluding carboxylic acids is 1. The normalized spacial score (nSPS) is 10.8. The van der Waals surface area contributed by atoms with Gasteiger partial charge < -0.3 is 10.3 Å². The summed E-state index contributed by atoms with van der Waals surface area (Å²) >= 11 is 0. The molecule has 0 amide bonds. The molecule has 0 aliphatic rings. The number of Topliss-reactive ketones (excluding diaryl/α,β-unsaturated/α-hetero) is 1. The fraction of sp³-hybridized carbons (Fsp3) is 0.125. The van der Waals surface area contributed by atoms with Crippen LogP contribution in [0.5, 0.6) is 0 Å². The Hall–Kier alpha value is -2.46. The third-order valence-corrected chi connectivity index (χ3v) is 3.23. The average Bonchev–Trinajstić information content (AvgIpc) is 2.92. The van der Waals surface area contributed by atoms with E-state index in [-0.39, 0.29) is 5.78 Å². The summed E-state index contributed by atoms with van der Waals surface area (Å²) in [6.45, 7) is 0.957. The number of aromatic amines is 1. The van der Waals surface area contributed by atoms with Crippen LogP contribution in [0.4, 0.5) is 0 Å². The van der Waals surface area contributed by atoms with Crippen LogP contribution < -0.4 is 5.32 Å². The molecule has 20 heavy (non-hydrogen) atoms. The van der Waals surface area contributed by atoms with E-state index in [2.05, 4.69) is 15.3 Å². The fourth-order valence-electron chi connectivity index (χ4n) is 2.22. The number of nitrogens with one attached hydrogen (secondary N) is 2. The van der Waals surface area contributed by atoms with Crippen molar-refractivity contribution in [3.63, 3.8) is 0 Å². The van der Waals surface area contributed by atoms with Gasteiger partial charge in [0.1, 0.15) is 0 Å². The van der Waals surface area contributed by atoms with Gasteiger partial charge in [-0.25, -0.2) is 0 Å². The van der Waals surface area contributed by atoms with Crippen molar-refractivity contribution in [2.24, 2.45) is 0 Å². The van der Waals surface area contributed by atoms with Gasteiger partial charge in [-0.3, -0.25) is 9.78 Å². The second-order valence-electron chi connectivity index (χ2n) is 4.64. The number of para-hydroxylation sites is 1. The van der Waals surface area contributed by atoms with Crippen LogP contribution in [0.1, 0.15) is 15.9 Å². The monoisotopic (exact) mass is 265 g/mol. The van der Waals surface area contributed by atoms with Gasteiger partial charge in [-0.05, 0) is 17.7 Å². The minimum absolute atomic E-state index is 0.0892. The average molecular weight is 265 g/mol.